The van der Waals surface area contributed by atoms with E-state index >= 15 is 0 Å². The Labute approximate surface area is 112 Å². The highest BCUT2D eigenvalue weighted by atomic mass is 16.1. The predicted molar refractivity (Wildman–Crippen MR) is 73.9 cm³/mol. The molecule has 3 rings (SSSR count). The van der Waals surface area contributed by atoms with Crippen molar-refractivity contribution in [3.05, 3.63) is 65.0 Å². The van der Waals surface area contributed by atoms with Crippen LogP contribution in [0.2, 0.25) is 0 Å². The van der Waals surface area contributed by atoms with Crippen LogP contribution in [0.1, 0.15) is 39.5 Å². The largest absolute Gasteiger partial charge is 0.345 e. The summed E-state index contributed by atoms with van der Waals surface area (Å²) in [4.78, 5) is 16.1. The summed E-state index contributed by atoms with van der Waals surface area (Å²) in [6, 6.07) is 10.1. The summed E-state index contributed by atoms with van der Waals surface area (Å²) in [5, 5.41) is 3.10. The number of aryl methyl sites for hydroxylation is 2. The summed E-state index contributed by atoms with van der Waals surface area (Å²) < 4.78 is 0. The van der Waals surface area contributed by atoms with Crippen LogP contribution in [0.5, 0.6) is 0 Å². The van der Waals surface area contributed by atoms with E-state index in [4.69, 9.17) is 0 Å². The summed E-state index contributed by atoms with van der Waals surface area (Å²) in [6.45, 7) is 2.10. The van der Waals surface area contributed by atoms with Gasteiger partial charge in [0, 0.05) is 18.0 Å². The number of pyridine rings is 1. The lowest BCUT2D eigenvalue weighted by atomic mass is 10.1. The van der Waals surface area contributed by atoms with Crippen LogP contribution in [0.4, 0.5) is 0 Å². The molecule has 3 heteroatoms. The minimum atomic E-state index is -0.0270. The average molecular weight is 252 g/mol. The van der Waals surface area contributed by atoms with Gasteiger partial charge in [-0.15, -0.1) is 0 Å². The molecular weight excluding hydrogens is 236 g/mol. The molecule has 1 aromatic heterocycles. The molecule has 1 atom stereocenters. The number of benzene rings is 1. The van der Waals surface area contributed by atoms with E-state index in [0.717, 1.165) is 12.8 Å². The summed E-state index contributed by atoms with van der Waals surface area (Å²) in [6.07, 6.45) is 5.30. The zero-order valence-electron chi connectivity index (χ0n) is 10.9. The van der Waals surface area contributed by atoms with Gasteiger partial charge in [0.2, 0.25) is 0 Å². The number of nitrogens with one attached hydrogen (secondary N) is 1. The van der Waals surface area contributed by atoms with Crippen molar-refractivity contribution >= 4 is 5.91 Å². The maximum Gasteiger partial charge on any atom is 0.251 e. The number of carbonyl (C=O) groups excluding carboxylic acids is 1. The number of amides is 1. The van der Waals surface area contributed by atoms with E-state index in [1.165, 1.54) is 16.7 Å². The molecule has 2 aromatic rings. The SMILES string of the molecule is Cc1ccc2c(c1)CC[C@@H]2NC(=O)c1ccncc1. The molecule has 19 heavy (non-hydrogen) atoms. The molecule has 0 spiro atoms. The van der Waals surface area contributed by atoms with Crippen LogP contribution in [0.3, 0.4) is 0 Å². The van der Waals surface area contributed by atoms with Gasteiger partial charge in [-0.25, -0.2) is 0 Å². The third kappa shape index (κ3) is 2.36. The van der Waals surface area contributed by atoms with Gasteiger partial charge in [0.25, 0.3) is 5.91 Å². The second-order valence-corrected chi connectivity index (χ2v) is 5.00. The number of rotatable bonds is 2. The summed E-state index contributed by atoms with van der Waals surface area (Å²) >= 11 is 0. The Bertz CT molecular complexity index is 607. The third-order valence-electron chi connectivity index (χ3n) is 3.62. The van der Waals surface area contributed by atoms with Gasteiger partial charge in [-0.3, -0.25) is 9.78 Å². The summed E-state index contributed by atoms with van der Waals surface area (Å²) in [7, 11) is 0. The molecule has 1 heterocycles. The molecule has 1 amide bonds. The first kappa shape index (κ1) is 11.9. The molecule has 1 aliphatic carbocycles. The average Bonchev–Trinajstić information content (AvgIpc) is 2.82. The molecule has 3 nitrogen and oxygen atoms in total. The van der Waals surface area contributed by atoms with Crippen LogP contribution in [0, 0.1) is 6.92 Å². The molecule has 0 unspecified atom stereocenters. The van der Waals surface area contributed by atoms with Crippen molar-refractivity contribution in [3.63, 3.8) is 0 Å². The lowest BCUT2D eigenvalue weighted by Crippen LogP contribution is -2.27. The van der Waals surface area contributed by atoms with Crippen LogP contribution < -0.4 is 5.32 Å². The fourth-order valence-corrected chi connectivity index (χ4v) is 2.64. The topological polar surface area (TPSA) is 42.0 Å². The van der Waals surface area contributed by atoms with Crippen LogP contribution >= 0.6 is 0 Å². The maximum absolute atomic E-state index is 12.1. The van der Waals surface area contributed by atoms with Crippen LogP contribution in [-0.2, 0) is 6.42 Å². The number of hydrogen-bond acceptors (Lipinski definition) is 2. The van der Waals surface area contributed by atoms with Crippen molar-refractivity contribution in [2.75, 3.05) is 0 Å². The second kappa shape index (κ2) is 4.84. The summed E-state index contributed by atoms with van der Waals surface area (Å²) in [5.41, 5.74) is 4.56. The monoisotopic (exact) mass is 252 g/mol. The van der Waals surface area contributed by atoms with Crippen molar-refractivity contribution < 1.29 is 4.79 Å². The Morgan fingerprint density at radius 2 is 2.05 bits per heavy atom. The van der Waals surface area contributed by atoms with E-state index in [1.54, 1.807) is 24.5 Å². The van der Waals surface area contributed by atoms with E-state index in [-0.39, 0.29) is 11.9 Å². The van der Waals surface area contributed by atoms with Crippen molar-refractivity contribution in [3.8, 4) is 0 Å². The fourth-order valence-electron chi connectivity index (χ4n) is 2.64. The molecular formula is C16H16N2O. The first-order valence-corrected chi connectivity index (χ1v) is 6.54. The Morgan fingerprint density at radius 1 is 1.26 bits per heavy atom. The minimum absolute atomic E-state index is 0.0270. The van der Waals surface area contributed by atoms with Crippen LogP contribution in [-0.4, -0.2) is 10.9 Å². The molecule has 1 aliphatic rings. The molecule has 0 fully saturated rings. The van der Waals surface area contributed by atoms with E-state index < -0.39 is 0 Å². The van der Waals surface area contributed by atoms with Crippen molar-refractivity contribution in [2.24, 2.45) is 0 Å². The first-order valence-electron chi connectivity index (χ1n) is 6.54. The van der Waals surface area contributed by atoms with Gasteiger partial charge in [0.05, 0.1) is 6.04 Å². The lowest BCUT2D eigenvalue weighted by molar-refractivity contribution is 0.0936. The van der Waals surface area contributed by atoms with Gasteiger partial charge in [0.1, 0.15) is 0 Å². The van der Waals surface area contributed by atoms with E-state index in [2.05, 4.69) is 35.4 Å². The van der Waals surface area contributed by atoms with E-state index in [9.17, 15) is 4.79 Å². The Morgan fingerprint density at radius 3 is 2.84 bits per heavy atom. The quantitative estimate of drug-likeness (QED) is 0.893. The maximum atomic E-state index is 12.1. The highest BCUT2D eigenvalue weighted by molar-refractivity contribution is 5.94. The van der Waals surface area contributed by atoms with Gasteiger partial charge in [-0.1, -0.05) is 23.8 Å². The summed E-state index contributed by atoms with van der Waals surface area (Å²) in [5.74, 6) is -0.0270. The second-order valence-electron chi connectivity index (χ2n) is 5.00. The highest BCUT2D eigenvalue weighted by Gasteiger charge is 2.24. The molecule has 0 saturated heterocycles. The number of fused-ring (bicyclic) bond motifs is 1. The highest BCUT2D eigenvalue weighted by Crippen LogP contribution is 2.31. The molecule has 96 valence electrons. The molecule has 0 saturated carbocycles. The molecule has 0 aliphatic heterocycles. The number of carbonyl (C=O) groups is 1. The number of hydrogen-bond donors (Lipinski definition) is 1. The molecule has 1 aromatic carbocycles. The minimum Gasteiger partial charge on any atom is -0.345 e. The normalized spacial score (nSPS) is 17.0. The molecule has 0 radical (unpaired) electrons. The zero-order chi connectivity index (χ0) is 13.2. The predicted octanol–water partition coefficient (Wildman–Crippen LogP) is 2.81. The number of aromatic nitrogens is 1. The van der Waals surface area contributed by atoms with Crippen LogP contribution in [0.25, 0.3) is 0 Å². The van der Waals surface area contributed by atoms with Gasteiger partial charge in [0.15, 0.2) is 0 Å². The Kier molecular flexibility index (Phi) is 3.03. The fraction of sp³-hybridized carbons (Fsp3) is 0.250. The van der Waals surface area contributed by atoms with Gasteiger partial charge in [-0.05, 0) is 43.0 Å². The Hall–Kier alpha value is -2.16. The van der Waals surface area contributed by atoms with Crippen molar-refractivity contribution in [1.82, 2.24) is 10.3 Å². The van der Waals surface area contributed by atoms with E-state index in [1.807, 2.05) is 0 Å². The van der Waals surface area contributed by atoms with Crippen LogP contribution in [0.15, 0.2) is 42.7 Å². The smallest absolute Gasteiger partial charge is 0.251 e. The zero-order valence-corrected chi connectivity index (χ0v) is 10.9. The molecule has 1 N–H and O–H groups in total. The standard InChI is InChI=1S/C16H16N2O/c1-11-2-4-14-13(10-11)3-5-15(14)18-16(19)12-6-8-17-9-7-12/h2,4,6-10,15H,3,5H2,1H3,(H,18,19)/t15-/m0/s1. The van der Waals surface area contributed by atoms with Gasteiger partial charge < -0.3 is 5.32 Å². The van der Waals surface area contributed by atoms with Crippen molar-refractivity contribution in [2.45, 2.75) is 25.8 Å². The van der Waals surface area contributed by atoms with Gasteiger partial charge in [-0.2, -0.15) is 0 Å². The van der Waals surface area contributed by atoms with E-state index in [0.29, 0.717) is 5.56 Å². The first-order chi connectivity index (χ1) is 9.24. The Balaban J connectivity index is 1.78. The lowest BCUT2D eigenvalue weighted by Gasteiger charge is -2.14. The van der Waals surface area contributed by atoms with Gasteiger partial charge >= 0.3 is 0 Å². The number of nitrogens with zero attached hydrogens (tertiary/aromatic N) is 1. The third-order valence-corrected chi connectivity index (χ3v) is 3.62. The molecule has 0 bridgehead atoms. The van der Waals surface area contributed by atoms with Crippen molar-refractivity contribution in [1.29, 1.82) is 0 Å².